The Morgan fingerprint density at radius 1 is 1.12 bits per heavy atom. The molecular formula is C16H18F4O5. The van der Waals surface area contributed by atoms with Gasteiger partial charge in [0, 0.05) is 5.56 Å². The van der Waals surface area contributed by atoms with Crippen molar-refractivity contribution in [3.05, 3.63) is 29.8 Å². The predicted octanol–water partition coefficient (Wildman–Crippen LogP) is 2.85. The minimum absolute atomic E-state index is 0.159. The predicted molar refractivity (Wildman–Crippen MR) is 79.1 cm³/mol. The summed E-state index contributed by atoms with van der Waals surface area (Å²) in [5.74, 6) is -1.47. The molecule has 1 unspecified atom stereocenters. The molecule has 0 saturated heterocycles. The first kappa shape index (κ1) is 20.9. The van der Waals surface area contributed by atoms with E-state index in [4.69, 9.17) is 4.74 Å². The van der Waals surface area contributed by atoms with Crippen LogP contribution in [0.5, 0.6) is 5.75 Å². The van der Waals surface area contributed by atoms with Crippen LogP contribution < -0.4 is 4.74 Å². The molecule has 0 aromatic heterocycles. The molecule has 1 aromatic rings. The zero-order chi connectivity index (χ0) is 19.3. The molecule has 0 saturated carbocycles. The molecule has 0 aliphatic carbocycles. The van der Waals surface area contributed by atoms with E-state index < -0.39 is 36.1 Å². The summed E-state index contributed by atoms with van der Waals surface area (Å²) < 4.78 is 58.1. The average molecular weight is 366 g/mol. The van der Waals surface area contributed by atoms with E-state index in [9.17, 15) is 32.3 Å². The molecule has 0 amide bonds. The molecule has 0 aliphatic rings. The van der Waals surface area contributed by atoms with E-state index in [1.54, 1.807) is 0 Å². The zero-order valence-corrected chi connectivity index (χ0v) is 13.6. The Bertz CT molecular complexity index is 590. The maximum absolute atomic E-state index is 12.6. The van der Waals surface area contributed by atoms with Crippen molar-refractivity contribution < 1.29 is 41.7 Å². The van der Waals surface area contributed by atoms with Crippen LogP contribution in [-0.4, -0.2) is 48.0 Å². The molecule has 5 nitrogen and oxygen atoms in total. The number of esters is 1. The molecule has 0 bridgehead atoms. The standard InChI is InChI=1S/C16H18F4O5/c1-15(2,23)14(22)10-3-5-11(6-4-10)24-7-8-25-13(21)9-12(17)16(18,19)20/h3-6,12,23H,7-9H2,1-2H3. The summed E-state index contributed by atoms with van der Waals surface area (Å²) in [6, 6.07) is 5.75. The third-order valence-corrected chi connectivity index (χ3v) is 2.99. The van der Waals surface area contributed by atoms with Gasteiger partial charge in [0.2, 0.25) is 6.17 Å². The number of carbonyl (C=O) groups excluding carboxylic acids is 2. The van der Waals surface area contributed by atoms with Crippen LogP contribution in [0.15, 0.2) is 24.3 Å². The highest BCUT2D eigenvalue weighted by Crippen LogP contribution is 2.25. The highest BCUT2D eigenvalue weighted by molar-refractivity contribution is 6.01. The summed E-state index contributed by atoms with van der Waals surface area (Å²) >= 11 is 0. The molecule has 25 heavy (non-hydrogen) atoms. The van der Waals surface area contributed by atoms with E-state index in [0.717, 1.165) is 0 Å². The third-order valence-electron chi connectivity index (χ3n) is 2.99. The van der Waals surface area contributed by atoms with Gasteiger partial charge in [-0.2, -0.15) is 13.2 Å². The molecule has 9 heteroatoms. The van der Waals surface area contributed by atoms with Gasteiger partial charge in [0.25, 0.3) is 0 Å². The van der Waals surface area contributed by atoms with E-state index in [2.05, 4.69) is 4.74 Å². The van der Waals surface area contributed by atoms with E-state index in [0.29, 0.717) is 5.75 Å². The average Bonchev–Trinajstić information content (AvgIpc) is 2.49. The van der Waals surface area contributed by atoms with Gasteiger partial charge in [-0.15, -0.1) is 0 Å². The van der Waals surface area contributed by atoms with Gasteiger partial charge in [-0.1, -0.05) is 0 Å². The number of hydrogen-bond acceptors (Lipinski definition) is 5. The van der Waals surface area contributed by atoms with Gasteiger partial charge < -0.3 is 14.6 Å². The second kappa shape index (κ2) is 8.28. The Hall–Kier alpha value is -2.16. The van der Waals surface area contributed by atoms with Crippen LogP contribution in [0.25, 0.3) is 0 Å². The van der Waals surface area contributed by atoms with Crippen molar-refractivity contribution in [1.29, 1.82) is 0 Å². The summed E-state index contributed by atoms with van der Waals surface area (Å²) in [4.78, 5) is 22.9. The van der Waals surface area contributed by atoms with Crippen LogP contribution in [0.1, 0.15) is 30.6 Å². The normalized spacial score (nSPS) is 13.2. The van der Waals surface area contributed by atoms with Gasteiger partial charge in [0.1, 0.15) is 24.6 Å². The summed E-state index contributed by atoms with van der Waals surface area (Å²) in [6.45, 7) is 2.20. The van der Waals surface area contributed by atoms with Crippen LogP contribution in [-0.2, 0) is 9.53 Å². The lowest BCUT2D eigenvalue weighted by Gasteiger charge is -2.15. The summed E-state index contributed by atoms with van der Waals surface area (Å²) in [6.07, 6.45) is -9.77. The molecule has 1 aromatic carbocycles. The molecule has 0 spiro atoms. The van der Waals surface area contributed by atoms with Crippen molar-refractivity contribution in [3.63, 3.8) is 0 Å². The van der Waals surface area contributed by atoms with Gasteiger partial charge >= 0.3 is 12.1 Å². The number of halogens is 4. The van der Waals surface area contributed by atoms with E-state index >= 15 is 0 Å². The fourth-order valence-corrected chi connectivity index (χ4v) is 1.69. The van der Waals surface area contributed by atoms with Crippen molar-refractivity contribution in [1.82, 2.24) is 0 Å². The Labute approximate surface area is 141 Å². The number of Topliss-reactive ketones (excluding diaryl/α,β-unsaturated/α-hetero) is 1. The molecule has 1 rings (SSSR count). The van der Waals surface area contributed by atoms with Crippen molar-refractivity contribution in [2.24, 2.45) is 0 Å². The Morgan fingerprint density at radius 3 is 2.16 bits per heavy atom. The van der Waals surface area contributed by atoms with Gasteiger partial charge in [-0.3, -0.25) is 9.59 Å². The number of carbonyl (C=O) groups is 2. The SMILES string of the molecule is CC(C)(O)C(=O)c1ccc(OCCOC(=O)CC(F)C(F)(F)F)cc1. The van der Waals surface area contributed by atoms with Crippen LogP contribution in [0.4, 0.5) is 17.6 Å². The lowest BCUT2D eigenvalue weighted by molar-refractivity contribution is -0.189. The Kier molecular flexibility index (Phi) is 6.92. The number of ketones is 1. The summed E-state index contributed by atoms with van der Waals surface area (Å²) in [5.41, 5.74) is -1.24. The second-order valence-electron chi connectivity index (χ2n) is 5.69. The lowest BCUT2D eigenvalue weighted by Crippen LogP contribution is -2.30. The number of alkyl halides is 4. The molecule has 0 heterocycles. The summed E-state index contributed by atoms with van der Waals surface area (Å²) in [5, 5.41) is 9.62. The lowest BCUT2D eigenvalue weighted by atomic mass is 9.97. The first-order valence-electron chi connectivity index (χ1n) is 7.27. The highest BCUT2D eigenvalue weighted by atomic mass is 19.4. The first-order valence-corrected chi connectivity index (χ1v) is 7.27. The molecule has 0 aliphatic heterocycles. The molecular weight excluding hydrogens is 348 g/mol. The number of hydrogen-bond donors (Lipinski definition) is 1. The number of rotatable bonds is 8. The quantitative estimate of drug-likeness (QED) is 0.332. The monoisotopic (exact) mass is 366 g/mol. The fraction of sp³-hybridized carbons (Fsp3) is 0.500. The first-order chi connectivity index (χ1) is 11.4. The molecule has 1 N–H and O–H groups in total. The molecule has 1 atom stereocenters. The minimum atomic E-state index is -5.10. The van der Waals surface area contributed by atoms with Crippen LogP contribution in [0.2, 0.25) is 0 Å². The van der Waals surface area contributed by atoms with Crippen molar-refractivity contribution in [2.45, 2.75) is 38.2 Å². The zero-order valence-electron chi connectivity index (χ0n) is 13.6. The molecule has 0 fully saturated rings. The highest BCUT2D eigenvalue weighted by Gasteiger charge is 2.41. The number of ether oxygens (including phenoxy) is 2. The van der Waals surface area contributed by atoms with Crippen molar-refractivity contribution >= 4 is 11.8 Å². The molecule has 0 radical (unpaired) electrons. The van der Waals surface area contributed by atoms with Gasteiger partial charge in [0.05, 0.1) is 6.42 Å². The minimum Gasteiger partial charge on any atom is -0.490 e. The van der Waals surface area contributed by atoms with Gasteiger partial charge in [-0.25, -0.2) is 4.39 Å². The van der Waals surface area contributed by atoms with Gasteiger partial charge in [-0.05, 0) is 38.1 Å². The van der Waals surface area contributed by atoms with E-state index in [1.807, 2.05) is 0 Å². The maximum atomic E-state index is 12.6. The van der Waals surface area contributed by atoms with E-state index in [1.165, 1.54) is 38.1 Å². The fourth-order valence-electron chi connectivity index (χ4n) is 1.69. The van der Waals surface area contributed by atoms with E-state index in [-0.39, 0.29) is 18.8 Å². The summed E-state index contributed by atoms with van der Waals surface area (Å²) in [7, 11) is 0. The van der Waals surface area contributed by atoms with Crippen molar-refractivity contribution in [2.75, 3.05) is 13.2 Å². The van der Waals surface area contributed by atoms with Crippen LogP contribution in [0, 0.1) is 0 Å². The Morgan fingerprint density at radius 2 is 1.68 bits per heavy atom. The largest absolute Gasteiger partial charge is 0.490 e. The van der Waals surface area contributed by atoms with Crippen LogP contribution >= 0.6 is 0 Å². The topological polar surface area (TPSA) is 72.8 Å². The third kappa shape index (κ3) is 7.08. The second-order valence-corrected chi connectivity index (χ2v) is 5.69. The van der Waals surface area contributed by atoms with Crippen molar-refractivity contribution in [3.8, 4) is 5.75 Å². The number of benzene rings is 1. The van der Waals surface area contributed by atoms with Crippen LogP contribution in [0.3, 0.4) is 0 Å². The smallest absolute Gasteiger partial charge is 0.420 e. The number of aliphatic hydroxyl groups is 1. The maximum Gasteiger partial charge on any atom is 0.420 e. The molecule has 140 valence electrons. The Balaban J connectivity index is 2.38. The van der Waals surface area contributed by atoms with Gasteiger partial charge in [0.15, 0.2) is 5.78 Å².